The predicted molar refractivity (Wildman–Crippen MR) is 137 cm³/mol. The van der Waals surface area contributed by atoms with Crippen LogP contribution in [0.2, 0.25) is 5.02 Å². The number of piperazine rings is 1. The molecule has 0 amide bonds. The molecule has 0 radical (unpaired) electrons. The summed E-state index contributed by atoms with van der Waals surface area (Å²) in [6.45, 7) is 4.20. The molecule has 3 nitrogen and oxygen atoms in total. The van der Waals surface area contributed by atoms with E-state index in [9.17, 15) is 4.39 Å². The molecule has 1 saturated carbocycles. The number of fused-ring (bicyclic) bond motifs is 2. The van der Waals surface area contributed by atoms with Gasteiger partial charge in [-0.1, -0.05) is 11.6 Å². The number of pyridine rings is 1. The fourth-order valence-corrected chi connectivity index (χ4v) is 7.03. The molecule has 6 heteroatoms. The van der Waals surface area contributed by atoms with Gasteiger partial charge in [-0.3, -0.25) is 9.88 Å². The third-order valence-electron chi connectivity index (χ3n) is 7.57. The molecule has 4 aromatic rings. The second-order valence-corrected chi connectivity index (χ2v) is 10.6. The Morgan fingerprint density at radius 3 is 2.58 bits per heavy atom. The van der Waals surface area contributed by atoms with Gasteiger partial charge in [-0.05, 0) is 90.4 Å². The van der Waals surface area contributed by atoms with Crippen molar-refractivity contribution < 1.29 is 4.39 Å². The van der Waals surface area contributed by atoms with E-state index in [2.05, 4.69) is 26.2 Å². The van der Waals surface area contributed by atoms with E-state index in [1.807, 2.05) is 30.5 Å². The maximum absolute atomic E-state index is 13.8. The van der Waals surface area contributed by atoms with Gasteiger partial charge in [0.25, 0.3) is 0 Å². The van der Waals surface area contributed by atoms with Gasteiger partial charge in [-0.2, -0.15) is 0 Å². The molecule has 3 heterocycles. The molecule has 0 N–H and O–H groups in total. The first-order valence-corrected chi connectivity index (χ1v) is 13.1. The van der Waals surface area contributed by atoms with Gasteiger partial charge in [0.2, 0.25) is 0 Å². The first-order valence-electron chi connectivity index (χ1n) is 11.9. The van der Waals surface area contributed by atoms with Crippen LogP contribution < -0.4 is 4.90 Å². The Bertz CT molecular complexity index is 1290. The zero-order valence-corrected chi connectivity index (χ0v) is 20.1. The van der Waals surface area contributed by atoms with E-state index in [0.717, 1.165) is 47.5 Å². The van der Waals surface area contributed by atoms with E-state index < -0.39 is 0 Å². The van der Waals surface area contributed by atoms with Crippen LogP contribution in [-0.4, -0.2) is 42.1 Å². The Morgan fingerprint density at radius 2 is 1.76 bits per heavy atom. The average molecular weight is 480 g/mol. The van der Waals surface area contributed by atoms with Crippen LogP contribution in [0.1, 0.15) is 37.2 Å². The number of thiophene rings is 1. The van der Waals surface area contributed by atoms with Gasteiger partial charge in [0.05, 0.1) is 16.2 Å². The van der Waals surface area contributed by atoms with Gasteiger partial charge in [-0.25, -0.2) is 4.39 Å². The monoisotopic (exact) mass is 479 g/mol. The molecule has 2 aromatic heterocycles. The van der Waals surface area contributed by atoms with Crippen LogP contribution in [0.4, 0.5) is 10.1 Å². The summed E-state index contributed by atoms with van der Waals surface area (Å²) in [5.41, 5.74) is 3.55. The number of halogens is 2. The third kappa shape index (κ3) is 4.01. The molecule has 2 fully saturated rings. The molecule has 1 saturated heterocycles. The van der Waals surface area contributed by atoms with Crippen molar-refractivity contribution in [2.24, 2.45) is 0 Å². The lowest BCUT2D eigenvalue weighted by atomic mass is 9.81. The number of hydrogen-bond acceptors (Lipinski definition) is 4. The lowest BCUT2D eigenvalue weighted by Gasteiger charge is -2.42. The van der Waals surface area contributed by atoms with E-state index in [-0.39, 0.29) is 5.82 Å². The van der Waals surface area contributed by atoms with Crippen molar-refractivity contribution in [3.63, 3.8) is 0 Å². The van der Waals surface area contributed by atoms with Crippen LogP contribution in [0.5, 0.6) is 0 Å². The lowest BCUT2D eigenvalue weighted by Crippen LogP contribution is -2.51. The number of nitrogens with zero attached hydrogens (tertiary/aromatic N) is 3. The number of benzene rings is 2. The number of anilines is 1. The van der Waals surface area contributed by atoms with Crippen LogP contribution >= 0.6 is 22.9 Å². The van der Waals surface area contributed by atoms with E-state index in [4.69, 9.17) is 11.6 Å². The molecule has 2 aromatic carbocycles. The van der Waals surface area contributed by atoms with E-state index in [1.54, 1.807) is 23.5 Å². The van der Waals surface area contributed by atoms with Crippen molar-refractivity contribution >= 4 is 49.6 Å². The molecule has 0 bridgehead atoms. The molecule has 1 aliphatic heterocycles. The first-order chi connectivity index (χ1) is 16.2. The molecule has 6 rings (SSSR count). The molecule has 170 valence electrons. The zero-order valence-electron chi connectivity index (χ0n) is 18.5. The molecular weight excluding hydrogens is 453 g/mol. The maximum Gasteiger partial charge on any atom is 0.123 e. The highest BCUT2D eigenvalue weighted by atomic mass is 35.5. The smallest absolute Gasteiger partial charge is 0.123 e. The summed E-state index contributed by atoms with van der Waals surface area (Å²) in [5, 5.41) is 5.18. The first kappa shape index (κ1) is 21.3. The summed E-state index contributed by atoms with van der Waals surface area (Å²) in [6, 6.07) is 14.0. The van der Waals surface area contributed by atoms with Gasteiger partial charge in [-0.15, -0.1) is 11.3 Å². The van der Waals surface area contributed by atoms with Gasteiger partial charge in [0.15, 0.2) is 0 Å². The summed E-state index contributed by atoms with van der Waals surface area (Å²) in [6.07, 6.45) is 6.69. The molecular formula is C27H27ClFN3S. The fourth-order valence-electron chi connectivity index (χ4n) is 5.80. The molecule has 0 unspecified atom stereocenters. The minimum absolute atomic E-state index is 0.127. The topological polar surface area (TPSA) is 19.4 Å². The Kier molecular flexibility index (Phi) is 5.73. The second kappa shape index (κ2) is 8.86. The molecule has 2 aliphatic rings. The number of aromatic nitrogens is 1. The predicted octanol–water partition coefficient (Wildman–Crippen LogP) is 7.09. The summed E-state index contributed by atoms with van der Waals surface area (Å²) in [4.78, 5) is 9.77. The van der Waals surface area contributed by atoms with Crippen LogP contribution in [0.15, 0.2) is 54.0 Å². The highest BCUT2D eigenvalue weighted by molar-refractivity contribution is 7.17. The highest BCUT2D eigenvalue weighted by Gasteiger charge is 2.30. The average Bonchev–Trinajstić information content (AvgIpc) is 3.28. The van der Waals surface area contributed by atoms with Gasteiger partial charge in [0, 0.05) is 48.5 Å². The minimum Gasteiger partial charge on any atom is -0.367 e. The van der Waals surface area contributed by atoms with Gasteiger partial charge >= 0.3 is 0 Å². The summed E-state index contributed by atoms with van der Waals surface area (Å²) in [5.74, 6) is 0.432. The van der Waals surface area contributed by atoms with Crippen molar-refractivity contribution in [1.82, 2.24) is 9.88 Å². The molecule has 0 spiro atoms. The highest BCUT2D eigenvalue weighted by Crippen LogP contribution is 2.41. The third-order valence-corrected chi connectivity index (χ3v) is 8.88. The van der Waals surface area contributed by atoms with Crippen molar-refractivity contribution in [3.05, 3.63) is 70.4 Å². The zero-order chi connectivity index (χ0) is 22.4. The largest absolute Gasteiger partial charge is 0.367 e. The Labute approximate surface area is 202 Å². The van der Waals surface area contributed by atoms with Gasteiger partial charge < -0.3 is 4.90 Å². The SMILES string of the molecule is Fc1ccc2scc([C@H]3CC[C@@H](N4CCN(c5ccc(Cl)c6cccnc56)CC4)CC3)c2c1. The quantitative estimate of drug-likeness (QED) is 0.312. The van der Waals surface area contributed by atoms with Crippen molar-refractivity contribution in [2.75, 3.05) is 31.1 Å². The molecule has 33 heavy (non-hydrogen) atoms. The fraction of sp³-hybridized carbons (Fsp3) is 0.370. The maximum atomic E-state index is 13.8. The Morgan fingerprint density at radius 1 is 0.939 bits per heavy atom. The standard InChI is InChI=1S/C27H27ClFN3S/c28-24-8-9-25(27-21(24)2-1-11-30-27)32-14-12-31(13-15-32)20-6-3-18(4-7-20)23-17-33-26-10-5-19(29)16-22(23)26/h1-2,5,8-11,16-18,20H,3-4,6-7,12-15H2/t18-,20+. The Balaban J connectivity index is 1.10. The van der Waals surface area contributed by atoms with E-state index >= 15 is 0 Å². The number of rotatable bonds is 3. The van der Waals surface area contributed by atoms with Crippen molar-refractivity contribution in [3.8, 4) is 0 Å². The van der Waals surface area contributed by atoms with Crippen LogP contribution in [-0.2, 0) is 0 Å². The minimum atomic E-state index is -0.127. The molecule has 0 atom stereocenters. The second-order valence-electron chi connectivity index (χ2n) is 9.33. The summed E-state index contributed by atoms with van der Waals surface area (Å²) in [7, 11) is 0. The van der Waals surface area contributed by atoms with Crippen LogP contribution in [0, 0.1) is 5.82 Å². The summed E-state index contributed by atoms with van der Waals surface area (Å²) >= 11 is 8.15. The van der Waals surface area contributed by atoms with E-state index in [0.29, 0.717) is 12.0 Å². The Hall–Kier alpha value is -2.21. The molecule has 1 aliphatic carbocycles. The van der Waals surface area contributed by atoms with Crippen LogP contribution in [0.25, 0.3) is 21.0 Å². The van der Waals surface area contributed by atoms with Crippen molar-refractivity contribution in [1.29, 1.82) is 0 Å². The summed E-state index contributed by atoms with van der Waals surface area (Å²) < 4.78 is 15.0. The lowest BCUT2D eigenvalue weighted by molar-refractivity contribution is 0.141. The number of hydrogen-bond donors (Lipinski definition) is 0. The van der Waals surface area contributed by atoms with E-state index in [1.165, 1.54) is 41.6 Å². The normalized spacial score (nSPS) is 22.3. The van der Waals surface area contributed by atoms with Crippen molar-refractivity contribution in [2.45, 2.75) is 37.6 Å². The van der Waals surface area contributed by atoms with Crippen LogP contribution in [0.3, 0.4) is 0 Å². The van der Waals surface area contributed by atoms with Gasteiger partial charge in [0.1, 0.15) is 5.82 Å².